The lowest BCUT2D eigenvalue weighted by atomic mass is 9.98. The number of anilines is 1. The Hall–Kier alpha value is -1.56. The van der Waals surface area contributed by atoms with Crippen molar-refractivity contribution in [2.45, 2.75) is 19.8 Å². The van der Waals surface area contributed by atoms with Crippen LogP contribution in [-0.2, 0) is 11.8 Å². The van der Waals surface area contributed by atoms with Crippen molar-refractivity contribution < 1.29 is 9.53 Å². The van der Waals surface area contributed by atoms with Crippen molar-refractivity contribution in [2.24, 2.45) is 13.0 Å². The number of piperidine rings is 1. The molecule has 0 aromatic carbocycles. The number of nitrogen functional groups attached to an aromatic ring is 1. The van der Waals surface area contributed by atoms with Gasteiger partial charge >= 0.3 is 0 Å². The third-order valence-electron chi connectivity index (χ3n) is 3.68. The summed E-state index contributed by atoms with van der Waals surface area (Å²) >= 11 is 0. The first-order valence-electron chi connectivity index (χ1n) is 6.61. The Morgan fingerprint density at radius 1 is 1.58 bits per heavy atom. The summed E-state index contributed by atoms with van der Waals surface area (Å²) in [6.07, 6.45) is 2.12. The molecule has 0 spiro atoms. The van der Waals surface area contributed by atoms with E-state index in [1.807, 2.05) is 11.8 Å². The van der Waals surface area contributed by atoms with Gasteiger partial charge in [0.1, 0.15) is 5.69 Å². The summed E-state index contributed by atoms with van der Waals surface area (Å²) in [5, 5.41) is 4.20. The minimum Gasteiger partial charge on any atom is -0.395 e. The van der Waals surface area contributed by atoms with Crippen LogP contribution in [0.4, 0.5) is 5.69 Å². The molecule has 1 unspecified atom stereocenters. The zero-order valence-corrected chi connectivity index (χ0v) is 11.8. The Kier molecular flexibility index (Phi) is 4.09. The van der Waals surface area contributed by atoms with E-state index in [2.05, 4.69) is 5.10 Å². The van der Waals surface area contributed by atoms with E-state index in [1.165, 1.54) is 0 Å². The number of aromatic nitrogens is 2. The van der Waals surface area contributed by atoms with E-state index in [0.717, 1.165) is 25.9 Å². The van der Waals surface area contributed by atoms with Crippen molar-refractivity contribution >= 4 is 11.6 Å². The molecule has 1 aliphatic rings. The molecule has 1 fully saturated rings. The van der Waals surface area contributed by atoms with Gasteiger partial charge in [0, 0.05) is 27.2 Å². The fourth-order valence-corrected chi connectivity index (χ4v) is 2.70. The first-order valence-corrected chi connectivity index (χ1v) is 6.61. The van der Waals surface area contributed by atoms with Gasteiger partial charge in [0.25, 0.3) is 5.91 Å². The molecule has 106 valence electrons. The van der Waals surface area contributed by atoms with Crippen LogP contribution in [0.25, 0.3) is 0 Å². The molecule has 2 rings (SSSR count). The highest BCUT2D eigenvalue weighted by molar-refractivity contribution is 5.98. The molecule has 2 heterocycles. The number of carbonyl (C=O) groups is 1. The lowest BCUT2D eigenvalue weighted by molar-refractivity contribution is 0.0562. The number of hydrogen-bond acceptors (Lipinski definition) is 4. The highest BCUT2D eigenvalue weighted by atomic mass is 16.5. The monoisotopic (exact) mass is 266 g/mol. The minimum atomic E-state index is -0.0265. The largest absolute Gasteiger partial charge is 0.395 e. The molecule has 0 saturated carbocycles. The predicted molar refractivity (Wildman–Crippen MR) is 72.9 cm³/mol. The highest BCUT2D eigenvalue weighted by Crippen LogP contribution is 2.22. The zero-order valence-electron chi connectivity index (χ0n) is 11.8. The van der Waals surface area contributed by atoms with E-state index < -0.39 is 0 Å². The number of carbonyl (C=O) groups excluding carboxylic acids is 1. The second kappa shape index (κ2) is 5.61. The lowest BCUT2D eigenvalue weighted by Gasteiger charge is -2.32. The molecule has 1 atom stereocenters. The number of amides is 1. The van der Waals surface area contributed by atoms with Gasteiger partial charge in [0.05, 0.1) is 18.0 Å². The van der Waals surface area contributed by atoms with Crippen LogP contribution in [0.1, 0.15) is 29.0 Å². The molecule has 1 aromatic heterocycles. The zero-order chi connectivity index (χ0) is 14.0. The summed E-state index contributed by atoms with van der Waals surface area (Å²) in [5.74, 6) is 0.389. The third-order valence-corrected chi connectivity index (χ3v) is 3.68. The number of ether oxygens (including phenoxy) is 1. The first kappa shape index (κ1) is 13.9. The van der Waals surface area contributed by atoms with Crippen molar-refractivity contribution in [1.82, 2.24) is 14.7 Å². The van der Waals surface area contributed by atoms with Crippen molar-refractivity contribution in [2.75, 3.05) is 32.5 Å². The molecule has 6 heteroatoms. The summed E-state index contributed by atoms with van der Waals surface area (Å²) in [7, 11) is 3.45. The Morgan fingerprint density at radius 3 is 2.89 bits per heavy atom. The fourth-order valence-electron chi connectivity index (χ4n) is 2.70. The average molecular weight is 266 g/mol. The van der Waals surface area contributed by atoms with Crippen LogP contribution in [0.15, 0.2) is 0 Å². The second-order valence-electron chi connectivity index (χ2n) is 5.19. The molecule has 6 nitrogen and oxygen atoms in total. The standard InChI is InChI=1S/C13H22N4O2/c1-9-11(14)12(16(2)15-9)13(18)17-6-4-5-10(7-17)8-19-3/h10H,4-8,14H2,1-3H3. The molecule has 1 aliphatic heterocycles. The van der Waals surface area contributed by atoms with E-state index in [-0.39, 0.29) is 5.91 Å². The third kappa shape index (κ3) is 2.73. The van der Waals surface area contributed by atoms with Crippen LogP contribution in [0.3, 0.4) is 0 Å². The van der Waals surface area contributed by atoms with Gasteiger partial charge in [0.2, 0.25) is 0 Å². The van der Waals surface area contributed by atoms with Gasteiger partial charge in [-0.05, 0) is 25.7 Å². The number of likely N-dealkylation sites (tertiary alicyclic amines) is 1. The van der Waals surface area contributed by atoms with Crippen LogP contribution in [0.2, 0.25) is 0 Å². The van der Waals surface area contributed by atoms with E-state index in [0.29, 0.717) is 29.6 Å². The van der Waals surface area contributed by atoms with E-state index in [4.69, 9.17) is 10.5 Å². The lowest BCUT2D eigenvalue weighted by Crippen LogP contribution is -2.42. The van der Waals surface area contributed by atoms with Crippen molar-refractivity contribution in [3.05, 3.63) is 11.4 Å². The number of rotatable bonds is 3. The van der Waals surface area contributed by atoms with E-state index in [1.54, 1.807) is 18.8 Å². The summed E-state index contributed by atoms with van der Waals surface area (Å²) in [5.41, 5.74) is 7.64. The SMILES string of the molecule is COCC1CCCN(C(=O)c2c(N)c(C)nn2C)C1. The number of nitrogens with zero attached hydrogens (tertiary/aromatic N) is 3. The fraction of sp³-hybridized carbons (Fsp3) is 0.692. The van der Waals surface area contributed by atoms with Crippen LogP contribution >= 0.6 is 0 Å². The Morgan fingerprint density at radius 2 is 2.32 bits per heavy atom. The summed E-state index contributed by atoms with van der Waals surface area (Å²) in [4.78, 5) is 14.4. The maximum absolute atomic E-state index is 12.5. The number of aryl methyl sites for hydroxylation is 2. The highest BCUT2D eigenvalue weighted by Gasteiger charge is 2.28. The van der Waals surface area contributed by atoms with Gasteiger partial charge in [0.15, 0.2) is 0 Å². The Labute approximate surface area is 113 Å². The molecular weight excluding hydrogens is 244 g/mol. The quantitative estimate of drug-likeness (QED) is 0.878. The number of nitrogens with two attached hydrogens (primary N) is 1. The molecular formula is C13H22N4O2. The molecule has 0 radical (unpaired) electrons. The molecule has 0 aliphatic carbocycles. The van der Waals surface area contributed by atoms with E-state index >= 15 is 0 Å². The van der Waals surface area contributed by atoms with Crippen LogP contribution in [0, 0.1) is 12.8 Å². The smallest absolute Gasteiger partial charge is 0.274 e. The first-order chi connectivity index (χ1) is 9.04. The van der Waals surface area contributed by atoms with Gasteiger partial charge in [-0.15, -0.1) is 0 Å². The second-order valence-corrected chi connectivity index (χ2v) is 5.19. The molecule has 1 saturated heterocycles. The molecule has 1 aromatic rings. The maximum Gasteiger partial charge on any atom is 0.274 e. The van der Waals surface area contributed by atoms with Crippen molar-refractivity contribution in [3.63, 3.8) is 0 Å². The normalized spacial score (nSPS) is 19.7. The summed E-state index contributed by atoms with van der Waals surface area (Å²) in [6.45, 7) is 4.03. The Bertz CT molecular complexity index is 467. The molecule has 19 heavy (non-hydrogen) atoms. The number of hydrogen-bond donors (Lipinski definition) is 1. The van der Waals surface area contributed by atoms with Crippen LogP contribution in [-0.4, -0.2) is 47.4 Å². The Balaban J connectivity index is 2.15. The molecule has 1 amide bonds. The van der Waals surface area contributed by atoms with Gasteiger partial charge in [-0.25, -0.2) is 0 Å². The number of methoxy groups -OCH3 is 1. The maximum atomic E-state index is 12.5. The van der Waals surface area contributed by atoms with Crippen molar-refractivity contribution in [1.29, 1.82) is 0 Å². The summed E-state index contributed by atoms with van der Waals surface area (Å²) in [6, 6.07) is 0. The predicted octanol–water partition coefficient (Wildman–Crippen LogP) is 0.809. The molecule has 2 N–H and O–H groups in total. The molecule has 0 bridgehead atoms. The average Bonchev–Trinajstić information content (AvgIpc) is 2.63. The van der Waals surface area contributed by atoms with Gasteiger partial charge < -0.3 is 15.4 Å². The van der Waals surface area contributed by atoms with Crippen LogP contribution in [0.5, 0.6) is 0 Å². The summed E-state index contributed by atoms with van der Waals surface area (Å²) < 4.78 is 6.76. The van der Waals surface area contributed by atoms with Crippen molar-refractivity contribution in [3.8, 4) is 0 Å². The minimum absolute atomic E-state index is 0.0265. The van der Waals surface area contributed by atoms with Gasteiger partial charge in [-0.1, -0.05) is 0 Å². The van der Waals surface area contributed by atoms with Gasteiger partial charge in [-0.2, -0.15) is 5.10 Å². The van der Waals surface area contributed by atoms with Crippen LogP contribution < -0.4 is 5.73 Å². The topological polar surface area (TPSA) is 73.4 Å². The van der Waals surface area contributed by atoms with E-state index in [9.17, 15) is 4.79 Å². The van der Waals surface area contributed by atoms with Gasteiger partial charge in [-0.3, -0.25) is 9.48 Å².